The van der Waals surface area contributed by atoms with Crippen LogP contribution in [0.4, 0.5) is 0 Å². The third-order valence-corrected chi connectivity index (χ3v) is 5.91. The molecule has 0 saturated heterocycles. The molecule has 0 aromatic heterocycles. The summed E-state index contributed by atoms with van der Waals surface area (Å²) in [7, 11) is 0. The summed E-state index contributed by atoms with van der Waals surface area (Å²) >= 11 is 1.65. The number of thioether (sulfide) groups is 1. The van der Waals surface area contributed by atoms with E-state index in [2.05, 4.69) is 32.9 Å². The number of carbonyl (C=O) groups is 2. The van der Waals surface area contributed by atoms with Gasteiger partial charge in [0.05, 0.1) is 17.7 Å². The van der Waals surface area contributed by atoms with Crippen molar-refractivity contribution in [2.75, 3.05) is 6.54 Å². The monoisotopic (exact) mass is 351 g/mol. The first-order chi connectivity index (χ1) is 12.0. The molecule has 4 heteroatoms. The minimum absolute atomic E-state index is 0.201. The molecule has 25 heavy (non-hydrogen) atoms. The van der Waals surface area contributed by atoms with E-state index < -0.39 is 0 Å². The number of imide groups is 1. The van der Waals surface area contributed by atoms with Crippen molar-refractivity contribution >= 4 is 23.6 Å². The molecule has 0 radical (unpaired) electrons. The zero-order chi connectivity index (χ0) is 18.0. The first-order valence-electron chi connectivity index (χ1n) is 8.40. The molecule has 128 valence electrons. The zero-order valence-electron chi connectivity index (χ0n) is 14.7. The molecule has 1 aliphatic heterocycles. The van der Waals surface area contributed by atoms with Gasteiger partial charge in [-0.3, -0.25) is 14.5 Å². The van der Waals surface area contributed by atoms with Crippen LogP contribution in [-0.4, -0.2) is 23.3 Å². The highest BCUT2D eigenvalue weighted by atomic mass is 32.2. The molecule has 0 saturated carbocycles. The van der Waals surface area contributed by atoms with Gasteiger partial charge >= 0.3 is 0 Å². The van der Waals surface area contributed by atoms with E-state index in [0.29, 0.717) is 17.7 Å². The second kappa shape index (κ2) is 7.28. The Morgan fingerprint density at radius 1 is 0.960 bits per heavy atom. The number of hydrogen-bond acceptors (Lipinski definition) is 3. The van der Waals surface area contributed by atoms with Crippen molar-refractivity contribution in [2.45, 2.75) is 32.1 Å². The molecule has 1 heterocycles. The molecular formula is C21H21NO2S. The number of carbonyl (C=O) groups excluding carboxylic acids is 2. The zero-order valence-corrected chi connectivity index (χ0v) is 15.5. The predicted octanol–water partition coefficient (Wildman–Crippen LogP) is 5.07. The molecule has 0 unspecified atom stereocenters. The fraction of sp³-hybridized carbons (Fsp3) is 0.238. The van der Waals surface area contributed by atoms with Gasteiger partial charge in [0, 0.05) is 9.80 Å². The molecule has 0 N–H and O–H groups in total. The molecule has 0 aliphatic carbocycles. The van der Waals surface area contributed by atoms with Crippen molar-refractivity contribution in [1.82, 2.24) is 4.90 Å². The number of amides is 2. The van der Waals surface area contributed by atoms with Crippen LogP contribution < -0.4 is 0 Å². The summed E-state index contributed by atoms with van der Waals surface area (Å²) in [4.78, 5) is 28.9. The van der Waals surface area contributed by atoms with Gasteiger partial charge in [-0.05, 0) is 44.0 Å². The van der Waals surface area contributed by atoms with Gasteiger partial charge in [-0.2, -0.15) is 0 Å². The van der Waals surface area contributed by atoms with E-state index in [9.17, 15) is 9.59 Å². The molecule has 1 aliphatic rings. The topological polar surface area (TPSA) is 37.4 Å². The van der Waals surface area contributed by atoms with Gasteiger partial charge in [0.2, 0.25) is 0 Å². The summed E-state index contributed by atoms with van der Waals surface area (Å²) in [6.07, 6.45) is 0.886. The average Bonchev–Trinajstić information content (AvgIpc) is 2.87. The van der Waals surface area contributed by atoms with Crippen molar-refractivity contribution in [3.05, 3.63) is 75.7 Å². The largest absolute Gasteiger partial charge is 0.269 e. The van der Waals surface area contributed by atoms with Gasteiger partial charge < -0.3 is 0 Å². The average molecular weight is 351 g/mol. The fourth-order valence-corrected chi connectivity index (χ4v) is 3.93. The third-order valence-electron chi connectivity index (χ3n) is 4.51. The lowest BCUT2D eigenvalue weighted by atomic mass is 10.1. The summed E-state index contributed by atoms with van der Waals surface area (Å²) < 4.78 is 0. The molecular weight excluding hydrogens is 330 g/mol. The van der Waals surface area contributed by atoms with Gasteiger partial charge in [-0.1, -0.05) is 54.6 Å². The van der Waals surface area contributed by atoms with E-state index in [1.54, 1.807) is 36.0 Å². The Labute approximate surface area is 152 Å². The Balaban J connectivity index is 1.89. The predicted molar refractivity (Wildman–Crippen MR) is 102 cm³/mol. The van der Waals surface area contributed by atoms with Crippen LogP contribution in [0.3, 0.4) is 0 Å². The lowest BCUT2D eigenvalue weighted by Gasteiger charge is -2.19. The Morgan fingerprint density at radius 2 is 1.52 bits per heavy atom. The Bertz CT molecular complexity index is 835. The molecule has 3 rings (SSSR count). The normalized spacial score (nSPS) is 14.6. The first kappa shape index (κ1) is 17.5. The van der Waals surface area contributed by atoms with Crippen molar-refractivity contribution in [1.29, 1.82) is 0 Å². The Morgan fingerprint density at radius 3 is 2.08 bits per heavy atom. The molecule has 2 aromatic rings. The number of allylic oxidation sites excluding steroid dienone is 1. The molecule has 2 aromatic carbocycles. The highest BCUT2D eigenvalue weighted by molar-refractivity contribution is 8.03. The van der Waals surface area contributed by atoms with Crippen LogP contribution in [0, 0.1) is 6.92 Å². The smallest absolute Gasteiger partial charge is 0.261 e. The highest BCUT2D eigenvalue weighted by Gasteiger charge is 2.35. The minimum atomic E-state index is -0.201. The number of fused-ring (bicyclic) bond motifs is 1. The van der Waals surface area contributed by atoms with Crippen LogP contribution in [0.2, 0.25) is 0 Å². The van der Waals surface area contributed by atoms with Gasteiger partial charge in [-0.15, -0.1) is 0 Å². The number of aryl methyl sites for hydroxylation is 1. The maximum absolute atomic E-state index is 12.6. The number of benzene rings is 2. The van der Waals surface area contributed by atoms with Crippen LogP contribution in [0.5, 0.6) is 0 Å². The number of rotatable bonds is 5. The molecule has 3 nitrogen and oxygen atoms in total. The maximum Gasteiger partial charge on any atom is 0.261 e. The fourth-order valence-electron chi connectivity index (χ4n) is 2.78. The van der Waals surface area contributed by atoms with E-state index in [1.165, 1.54) is 16.0 Å². The summed E-state index contributed by atoms with van der Waals surface area (Å²) in [6, 6.07) is 15.2. The Kier molecular flexibility index (Phi) is 5.09. The van der Waals surface area contributed by atoms with Crippen molar-refractivity contribution in [3.63, 3.8) is 0 Å². The highest BCUT2D eigenvalue weighted by Crippen LogP contribution is 2.34. The van der Waals surface area contributed by atoms with Crippen LogP contribution in [0.1, 0.15) is 46.5 Å². The lowest BCUT2D eigenvalue weighted by Crippen LogP contribution is -2.31. The van der Waals surface area contributed by atoms with Gasteiger partial charge in [0.15, 0.2) is 0 Å². The van der Waals surface area contributed by atoms with Crippen LogP contribution in [-0.2, 0) is 0 Å². The summed E-state index contributed by atoms with van der Waals surface area (Å²) in [5, 5.41) is 0. The van der Waals surface area contributed by atoms with Crippen LogP contribution in [0.15, 0.2) is 63.9 Å². The molecule has 0 bridgehead atoms. The van der Waals surface area contributed by atoms with E-state index in [4.69, 9.17) is 0 Å². The van der Waals surface area contributed by atoms with Gasteiger partial charge in [0.25, 0.3) is 11.8 Å². The number of hydrogen-bond donors (Lipinski definition) is 0. The summed E-state index contributed by atoms with van der Waals surface area (Å²) in [5.74, 6) is -0.403. The van der Waals surface area contributed by atoms with Gasteiger partial charge in [0.1, 0.15) is 0 Å². The van der Waals surface area contributed by atoms with E-state index in [0.717, 1.165) is 16.2 Å². The molecule has 2 amide bonds. The number of nitrogens with zero attached hydrogens (tertiary/aromatic N) is 1. The van der Waals surface area contributed by atoms with Crippen molar-refractivity contribution in [3.8, 4) is 0 Å². The molecule has 0 spiro atoms. The van der Waals surface area contributed by atoms with Crippen LogP contribution >= 0.6 is 11.8 Å². The second-order valence-corrected chi connectivity index (χ2v) is 7.30. The minimum Gasteiger partial charge on any atom is -0.269 e. The van der Waals surface area contributed by atoms with E-state index >= 15 is 0 Å². The standard InChI is InChI=1S/C21H21NO2S/c1-4-14(2)19(25-18-12-8-5-9-15(18)3)13-22-20(23)16-10-6-7-11-17(16)21(22)24/h5-12H,4,13H2,1-3H3. The third kappa shape index (κ3) is 3.40. The second-order valence-electron chi connectivity index (χ2n) is 6.17. The quantitative estimate of drug-likeness (QED) is 0.558. The van der Waals surface area contributed by atoms with E-state index in [-0.39, 0.29) is 11.8 Å². The maximum atomic E-state index is 12.6. The molecule has 0 atom stereocenters. The van der Waals surface area contributed by atoms with Gasteiger partial charge in [-0.25, -0.2) is 0 Å². The first-order valence-corrected chi connectivity index (χ1v) is 9.22. The van der Waals surface area contributed by atoms with Crippen LogP contribution in [0.25, 0.3) is 0 Å². The summed E-state index contributed by atoms with van der Waals surface area (Å²) in [5.41, 5.74) is 3.39. The SMILES string of the molecule is CCC(C)=C(CN1C(=O)c2ccccc2C1=O)Sc1ccccc1C. The Hall–Kier alpha value is -2.33. The lowest BCUT2D eigenvalue weighted by molar-refractivity contribution is 0.0670. The molecule has 0 fully saturated rings. The van der Waals surface area contributed by atoms with Crippen molar-refractivity contribution < 1.29 is 9.59 Å². The van der Waals surface area contributed by atoms with E-state index in [1.807, 2.05) is 12.1 Å². The summed E-state index contributed by atoms with van der Waals surface area (Å²) in [6.45, 7) is 6.56. The van der Waals surface area contributed by atoms with Crippen molar-refractivity contribution in [2.24, 2.45) is 0 Å².